The molecular formula is C25H33N3O5. The average Bonchev–Trinajstić information content (AvgIpc) is 3.06. The fraction of sp³-hybridized carbons (Fsp3) is 0.640. The number of ether oxygens (including phenoxy) is 2. The Bertz CT molecular complexity index is 942. The van der Waals surface area contributed by atoms with Gasteiger partial charge < -0.3 is 14.4 Å². The number of rotatable bonds is 6. The highest BCUT2D eigenvalue weighted by Gasteiger charge is 2.41. The first kappa shape index (κ1) is 22.3. The molecule has 1 unspecified atom stereocenters. The Hall–Kier alpha value is -2.45. The monoisotopic (exact) mass is 455 g/mol. The van der Waals surface area contributed by atoms with E-state index in [1.807, 2.05) is 18.2 Å². The van der Waals surface area contributed by atoms with Crippen LogP contribution in [0.2, 0.25) is 0 Å². The summed E-state index contributed by atoms with van der Waals surface area (Å²) in [5.74, 6) is -0.0388. The van der Waals surface area contributed by atoms with Crippen molar-refractivity contribution in [1.29, 1.82) is 0 Å². The van der Waals surface area contributed by atoms with Crippen molar-refractivity contribution in [2.45, 2.75) is 89.3 Å². The number of imide groups is 1. The number of carbonyl (C=O) groups is 3. The SMILES string of the molecule is CC(C)OC1CN([C@@H]2CCCC[C@H]2Oc2ccc3c(c2)CN(C2CCC(=O)NC2=O)C3=O)C1. The van der Waals surface area contributed by atoms with E-state index in [0.717, 1.165) is 43.7 Å². The van der Waals surface area contributed by atoms with Crippen molar-refractivity contribution in [2.75, 3.05) is 13.1 Å². The van der Waals surface area contributed by atoms with Crippen LogP contribution in [0.5, 0.6) is 5.75 Å². The number of hydrogen-bond acceptors (Lipinski definition) is 6. The molecule has 0 bridgehead atoms. The molecule has 0 spiro atoms. The van der Waals surface area contributed by atoms with Crippen LogP contribution in [0.15, 0.2) is 18.2 Å². The van der Waals surface area contributed by atoms with Gasteiger partial charge in [-0.3, -0.25) is 24.6 Å². The summed E-state index contributed by atoms with van der Waals surface area (Å²) in [5.41, 5.74) is 1.49. The highest BCUT2D eigenvalue weighted by molar-refractivity contribution is 6.05. The second-order valence-electron chi connectivity index (χ2n) is 9.99. The molecule has 178 valence electrons. The van der Waals surface area contributed by atoms with Gasteiger partial charge in [0, 0.05) is 37.7 Å². The van der Waals surface area contributed by atoms with Crippen LogP contribution in [0.25, 0.3) is 0 Å². The smallest absolute Gasteiger partial charge is 0.255 e. The molecule has 1 saturated carbocycles. The molecule has 8 nitrogen and oxygen atoms in total. The second-order valence-corrected chi connectivity index (χ2v) is 9.99. The van der Waals surface area contributed by atoms with E-state index in [-0.39, 0.29) is 36.4 Å². The molecule has 33 heavy (non-hydrogen) atoms. The van der Waals surface area contributed by atoms with E-state index in [4.69, 9.17) is 9.47 Å². The number of nitrogens with zero attached hydrogens (tertiary/aromatic N) is 2. The molecule has 0 radical (unpaired) electrons. The van der Waals surface area contributed by atoms with Crippen LogP contribution < -0.4 is 10.1 Å². The number of amides is 3. The maximum Gasteiger partial charge on any atom is 0.255 e. The van der Waals surface area contributed by atoms with Gasteiger partial charge in [0.05, 0.1) is 12.2 Å². The van der Waals surface area contributed by atoms with Crippen LogP contribution >= 0.6 is 0 Å². The number of piperidine rings is 1. The first-order valence-electron chi connectivity index (χ1n) is 12.2. The molecule has 1 N–H and O–H groups in total. The summed E-state index contributed by atoms with van der Waals surface area (Å²) in [7, 11) is 0. The fourth-order valence-corrected chi connectivity index (χ4v) is 5.64. The third kappa shape index (κ3) is 4.51. The quantitative estimate of drug-likeness (QED) is 0.662. The fourth-order valence-electron chi connectivity index (χ4n) is 5.64. The first-order valence-corrected chi connectivity index (χ1v) is 12.2. The van der Waals surface area contributed by atoms with Crippen molar-refractivity contribution in [3.05, 3.63) is 29.3 Å². The summed E-state index contributed by atoms with van der Waals surface area (Å²) in [6.07, 6.45) is 5.86. The third-order valence-electron chi connectivity index (χ3n) is 7.26. The Morgan fingerprint density at radius 3 is 2.61 bits per heavy atom. The predicted octanol–water partition coefficient (Wildman–Crippen LogP) is 2.25. The number of benzene rings is 1. The number of likely N-dealkylation sites (tertiary alicyclic amines) is 1. The summed E-state index contributed by atoms with van der Waals surface area (Å²) in [6.45, 7) is 6.45. The van der Waals surface area contributed by atoms with Crippen LogP contribution in [0, 0.1) is 0 Å². The van der Waals surface area contributed by atoms with Crippen LogP contribution in [0.1, 0.15) is 68.3 Å². The van der Waals surface area contributed by atoms with Crippen molar-refractivity contribution < 1.29 is 23.9 Å². The molecule has 3 aliphatic heterocycles. The van der Waals surface area contributed by atoms with E-state index in [0.29, 0.717) is 30.7 Å². The van der Waals surface area contributed by atoms with Crippen molar-refractivity contribution in [1.82, 2.24) is 15.1 Å². The van der Waals surface area contributed by atoms with Gasteiger partial charge in [-0.15, -0.1) is 0 Å². The van der Waals surface area contributed by atoms with Gasteiger partial charge >= 0.3 is 0 Å². The van der Waals surface area contributed by atoms with Gasteiger partial charge in [0.1, 0.15) is 17.9 Å². The zero-order valence-corrected chi connectivity index (χ0v) is 19.4. The summed E-state index contributed by atoms with van der Waals surface area (Å²) in [4.78, 5) is 40.7. The lowest BCUT2D eigenvalue weighted by atomic mass is 9.89. The van der Waals surface area contributed by atoms with E-state index in [2.05, 4.69) is 24.1 Å². The van der Waals surface area contributed by atoms with Crippen LogP contribution in [0.3, 0.4) is 0 Å². The average molecular weight is 456 g/mol. The summed E-state index contributed by atoms with van der Waals surface area (Å²) in [5, 5.41) is 2.35. The number of fused-ring (bicyclic) bond motifs is 1. The zero-order valence-electron chi connectivity index (χ0n) is 19.4. The van der Waals surface area contributed by atoms with E-state index in [1.165, 1.54) is 6.42 Å². The van der Waals surface area contributed by atoms with Crippen molar-refractivity contribution in [3.8, 4) is 5.75 Å². The Morgan fingerprint density at radius 1 is 1.06 bits per heavy atom. The highest BCUT2D eigenvalue weighted by atomic mass is 16.5. The molecule has 8 heteroatoms. The third-order valence-corrected chi connectivity index (χ3v) is 7.26. The highest BCUT2D eigenvalue weighted by Crippen LogP contribution is 2.34. The van der Waals surface area contributed by atoms with Gasteiger partial charge in [-0.05, 0) is 63.3 Å². The molecule has 1 aromatic carbocycles. The van der Waals surface area contributed by atoms with E-state index < -0.39 is 6.04 Å². The lowest BCUT2D eigenvalue weighted by Gasteiger charge is -2.48. The molecule has 0 aromatic heterocycles. The van der Waals surface area contributed by atoms with E-state index >= 15 is 0 Å². The van der Waals surface area contributed by atoms with Crippen LogP contribution in [-0.4, -0.2) is 71.0 Å². The number of carbonyl (C=O) groups excluding carboxylic acids is 3. The van der Waals surface area contributed by atoms with Gasteiger partial charge in [0.15, 0.2) is 0 Å². The molecule has 1 aliphatic carbocycles. The minimum atomic E-state index is -0.595. The zero-order chi connectivity index (χ0) is 23.1. The predicted molar refractivity (Wildman–Crippen MR) is 121 cm³/mol. The lowest BCUT2D eigenvalue weighted by Crippen LogP contribution is -2.61. The van der Waals surface area contributed by atoms with E-state index in [9.17, 15) is 14.4 Å². The van der Waals surface area contributed by atoms with Gasteiger partial charge in [0.2, 0.25) is 11.8 Å². The minimum Gasteiger partial charge on any atom is -0.489 e. The Morgan fingerprint density at radius 2 is 1.85 bits per heavy atom. The minimum absolute atomic E-state index is 0.125. The van der Waals surface area contributed by atoms with Crippen molar-refractivity contribution in [3.63, 3.8) is 0 Å². The second kappa shape index (κ2) is 9.06. The number of nitrogens with one attached hydrogen (secondary N) is 1. The van der Waals surface area contributed by atoms with Gasteiger partial charge in [-0.1, -0.05) is 6.42 Å². The standard InChI is InChI=1S/C25H33N3O5/c1-15(2)32-18-13-27(14-18)20-5-3-4-6-22(20)33-17-7-8-19-16(11-17)12-28(25(19)31)21-9-10-23(29)26-24(21)30/h7-8,11,15,18,20-22H,3-6,9-10,12-14H2,1-2H3,(H,26,29,30)/t20-,21?,22-/m1/s1. The molecule has 5 rings (SSSR count). The van der Waals surface area contributed by atoms with Crippen molar-refractivity contribution in [2.24, 2.45) is 0 Å². The molecular weight excluding hydrogens is 422 g/mol. The van der Waals surface area contributed by atoms with Crippen LogP contribution in [0.4, 0.5) is 0 Å². The Labute approximate surface area is 194 Å². The normalized spacial score (nSPS) is 28.6. The topological polar surface area (TPSA) is 88.2 Å². The summed E-state index contributed by atoms with van der Waals surface area (Å²) in [6, 6.07) is 5.43. The van der Waals surface area contributed by atoms with Gasteiger partial charge in [0.25, 0.3) is 5.91 Å². The summed E-state index contributed by atoms with van der Waals surface area (Å²) < 4.78 is 12.4. The molecule has 2 saturated heterocycles. The molecule has 1 aromatic rings. The Balaban J connectivity index is 1.24. The summed E-state index contributed by atoms with van der Waals surface area (Å²) >= 11 is 0. The lowest BCUT2D eigenvalue weighted by molar-refractivity contribution is -0.136. The van der Waals surface area contributed by atoms with Crippen LogP contribution in [-0.2, 0) is 20.9 Å². The molecule has 3 amide bonds. The maximum absolute atomic E-state index is 12.9. The number of hydrogen-bond donors (Lipinski definition) is 1. The molecule has 3 atom stereocenters. The van der Waals surface area contributed by atoms with Crippen molar-refractivity contribution >= 4 is 17.7 Å². The molecule has 4 aliphatic rings. The maximum atomic E-state index is 12.9. The Kier molecular flexibility index (Phi) is 6.14. The van der Waals surface area contributed by atoms with E-state index in [1.54, 1.807) is 4.90 Å². The van der Waals surface area contributed by atoms with Gasteiger partial charge in [-0.25, -0.2) is 0 Å². The molecule has 3 heterocycles. The van der Waals surface area contributed by atoms with Gasteiger partial charge in [-0.2, -0.15) is 0 Å². The first-order chi connectivity index (χ1) is 15.9. The largest absolute Gasteiger partial charge is 0.489 e. The molecule has 3 fully saturated rings.